The van der Waals surface area contributed by atoms with Gasteiger partial charge in [-0.3, -0.25) is 4.79 Å². The summed E-state index contributed by atoms with van der Waals surface area (Å²) >= 11 is 0. The summed E-state index contributed by atoms with van der Waals surface area (Å²) in [7, 11) is 0. The lowest BCUT2D eigenvalue weighted by Gasteiger charge is -2.15. The molecule has 4 nitrogen and oxygen atoms in total. The summed E-state index contributed by atoms with van der Waals surface area (Å²) in [5.74, 6) is 2.21. The van der Waals surface area contributed by atoms with E-state index in [-0.39, 0.29) is 11.6 Å². The van der Waals surface area contributed by atoms with Crippen LogP contribution in [0.4, 0.5) is 0 Å². The predicted octanol–water partition coefficient (Wildman–Crippen LogP) is 0.770. The molecule has 0 saturated heterocycles. The number of aromatic nitrogens is 1. The third-order valence-corrected chi connectivity index (χ3v) is 1.61. The SMILES string of the molecule is C#CCN(CC)C(=O)c1ccon1. The van der Waals surface area contributed by atoms with Gasteiger partial charge >= 0.3 is 0 Å². The van der Waals surface area contributed by atoms with E-state index in [9.17, 15) is 4.79 Å². The van der Waals surface area contributed by atoms with E-state index in [1.165, 1.54) is 17.2 Å². The maximum absolute atomic E-state index is 11.5. The van der Waals surface area contributed by atoms with Gasteiger partial charge in [0, 0.05) is 12.6 Å². The highest BCUT2D eigenvalue weighted by Crippen LogP contribution is 2.00. The second kappa shape index (κ2) is 4.31. The molecule has 0 atom stereocenters. The van der Waals surface area contributed by atoms with Crippen molar-refractivity contribution in [3.63, 3.8) is 0 Å². The monoisotopic (exact) mass is 178 g/mol. The Bertz CT molecular complexity index is 311. The van der Waals surface area contributed by atoms with E-state index < -0.39 is 0 Å². The lowest BCUT2D eigenvalue weighted by molar-refractivity contribution is 0.0774. The van der Waals surface area contributed by atoms with Crippen LogP contribution in [-0.4, -0.2) is 29.1 Å². The minimum atomic E-state index is -0.200. The van der Waals surface area contributed by atoms with Crippen molar-refractivity contribution in [2.75, 3.05) is 13.1 Å². The van der Waals surface area contributed by atoms with Gasteiger partial charge in [-0.1, -0.05) is 11.1 Å². The largest absolute Gasteiger partial charge is 0.364 e. The molecule has 1 aromatic heterocycles. The summed E-state index contributed by atoms with van der Waals surface area (Å²) < 4.78 is 4.56. The molecule has 0 spiro atoms. The Balaban J connectivity index is 2.72. The average molecular weight is 178 g/mol. The van der Waals surface area contributed by atoms with E-state index in [4.69, 9.17) is 6.42 Å². The molecule has 68 valence electrons. The summed E-state index contributed by atoms with van der Waals surface area (Å²) in [5.41, 5.74) is 0.289. The van der Waals surface area contributed by atoms with Crippen molar-refractivity contribution in [1.82, 2.24) is 10.1 Å². The topological polar surface area (TPSA) is 46.3 Å². The van der Waals surface area contributed by atoms with Crippen LogP contribution in [0.2, 0.25) is 0 Å². The van der Waals surface area contributed by atoms with Crippen LogP contribution in [-0.2, 0) is 0 Å². The molecule has 1 amide bonds. The molecule has 0 N–H and O–H groups in total. The van der Waals surface area contributed by atoms with Crippen molar-refractivity contribution in [3.8, 4) is 12.3 Å². The van der Waals surface area contributed by atoms with Crippen molar-refractivity contribution in [2.24, 2.45) is 0 Å². The zero-order valence-corrected chi connectivity index (χ0v) is 7.36. The highest BCUT2D eigenvalue weighted by molar-refractivity contribution is 5.92. The van der Waals surface area contributed by atoms with Crippen LogP contribution in [0.3, 0.4) is 0 Å². The fourth-order valence-corrected chi connectivity index (χ4v) is 0.922. The van der Waals surface area contributed by atoms with Crippen molar-refractivity contribution in [1.29, 1.82) is 0 Å². The molecular weight excluding hydrogens is 168 g/mol. The number of carbonyl (C=O) groups excluding carboxylic acids is 1. The molecule has 1 aromatic rings. The Morgan fingerprint density at radius 3 is 3.08 bits per heavy atom. The quantitative estimate of drug-likeness (QED) is 0.642. The highest BCUT2D eigenvalue weighted by Gasteiger charge is 2.15. The van der Waals surface area contributed by atoms with Crippen LogP contribution in [0.25, 0.3) is 0 Å². The van der Waals surface area contributed by atoms with E-state index in [2.05, 4.69) is 15.6 Å². The molecule has 0 unspecified atom stereocenters. The smallest absolute Gasteiger partial charge is 0.276 e. The van der Waals surface area contributed by atoms with Crippen LogP contribution in [0.5, 0.6) is 0 Å². The Kier molecular flexibility index (Phi) is 3.09. The average Bonchev–Trinajstić information content (AvgIpc) is 2.65. The van der Waals surface area contributed by atoms with E-state index in [1.807, 2.05) is 6.92 Å². The van der Waals surface area contributed by atoms with E-state index >= 15 is 0 Å². The summed E-state index contributed by atoms with van der Waals surface area (Å²) in [6, 6.07) is 1.52. The first-order valence-electron chi connectivity index (χ1n) is 3.92. The van der Waals surface area contributed by atoms with Gasteiger partial charge in [0.15, 0.2) is 5.69 Å². The molecular formula is C9H10N2O2. The first-order valence-corrected chi connectivity index (χ1v) is 3.92. The number of carbonyl (C=O) groups is 1. The molecule has 0 saturated carbocycles. The number of nitrogens with zero attached hydrogens (tertiary/aromatic N) is 2. The summed E-state index contributed by atoms with van der Waals surface area (Å²) in [6.45, 7) is 2.72. The first kappa shape index (κ1) is 9.33. The van der Waals surface area contributed by atoms with E-state index in [0.717, 1.165) is 0 Å². The normalized spacial score (nSPS) is 9.23. The van der Waals surface area contributed by atoms with Crippen LogP contribution < -0.4 is 0 Å². The minimum Gasteiger partial charge on any atom is -0.364 e. The fourth-order valence-electron chi connectivity index (χ4n) is 0.922. The van der Waals surface area contributed by atoms with E-state index in [0.29, 0.717) is 13.1 Å². The van der Waals surface area contributed by atoms with Crippen LogP contribution in [0.15, 0.2) is 16.9 Å². The summed E-state index contributed by atoms with van der Waals surface area (Å²) in [6.07, 6.45) is 6.47. The van der Waals surface area contributed by atoms with Gasteiger partial charge in [-0.2, -0.15) is 0 Å². The number of terminal acetylenes is 1. The lowest BCUT2D eigenvalue weighted by atomic mass is 10.3. The maximum Gasteiger partial charge on any atom is 0.276 e. The second-order valence-electron chi connectivity index (χ2n) is 2.41. The van der Waals surface area contributed by atoms with Gasteiger partial charge in [0.2, 0.25) is 0 Å². The predicted molar refractivity (Wildman–Crippen MR) is 46.9 cm³/mol. The van der Waals surface area contributed by atoms with Gasteiger partial charge in [-0.05, 0) is 6.92 Å². The minimum absolute atomic E-state index is 0.200. The Hall–Kier alpha value is -1.76. The maximum atomic E-state index is 11.5. The van der Waals surface area contributed by atoms with Crippen molar-refractivity contribution in [3.05, 3.63) is 18.0 Å². The van der Waals surface area contributed by atoms with Crippen LogP contribution >= 0.6 is 0 Å². The standard InChI is InChI=1S/C9H10N2O2/c1-3-6-11(4-2)9(12)8-5-7-13-10-8/h1,5,7H,4,6H2,2H3. The van der Waals surface area contributed by atoms with Crippen LogP contribution in [0.1, 0.15) is 17.4 Å². The van der Waals surface area contributed by atoms with Crippen molar-refractivity contribution in [2.45, 2.75) is 6.92 Å². The highest BCUT2D eigenvalue weighted by atomic mass is 16.5. The zero-order chi connectivity index (χ0) is 9.68. The molecule has 0 aromatic carbocycles. The van der Waals surface area contributed by atoms with Crippen LogP contribution in [0, 0.1) is 12.3 Å². The number of hydrogen-bond donors (Lipinski definition) is 0. The molecule has 1 heterocycles. The molecule has 4 heteroatoms. The van der Waals surface area contributed by atoms with Gasteiger partial charge in [-0.15, -0.1) is 6.42 Å². The van der Waals surface area contributed by atoms with Gasteiger partial charge < -0.3 is 9.42 Å². The number of rotatable bonds is 3. The van der Waals surface area contributed by atoms with Gasteiger partial charge in [-0.25, -0.2) is 0 Å². The zero-order valence-electron chi connectivity index (χ0n) is 7.36. The molecule has 0 aliphatic heterocycles. The molecule has 0 aliphatic carbocycles. The van der Waals surface area contributed by atoms with E-state index in [1.54, 1.807) is 0 Å². The second-order valence-corrected chi connectivity index (χ2v) is 2.41. The Morgan fingerprint density at radius 2 is 2.62 bits per heavy atom. The Labute approximate surface area is 76.5 Å². The van der Waals surface area contributed by atoms with Crippen molar-refractivity contribution < 1.29 is 9.32 Å². The number of amides is 1. The number of hydrogen-bond acceptors (Lipinski definition) is 3. The molecule has 0 aliphatic rings. The molecule has 0 fully saturated rings. The molecule has 1 rings (SSSR count). The van der Waals surface area contributed by atoms with Crippen molar-refractivity contribution >= 4 is 5.91 Å². The van der Waals surface area contributed by atoms with Gasteiger partial charge in [0.1, 0.15) is 6.26 Å². The van der Waals surface area contributed by atoms with Gasteiger partial charge in [0.05, 0.1) is 6.54 Å². The molecule has 0 bridgehead atoms. The summed E-state index contributed by atoms with van der Waals surface area (Å²) in [5, 5.41) is 3.53. The molecule has 13 heavy (non-hydrogen) atoms. The summed E-state index contributed by atoms with van der Waals surface area (Å²) in [4.78, 5) is 13.0. The molecule has 0 radical (unpaired) electrons. The first-order chi connectivity index (χ1) is 6.29. The fraction of sp³-hybridized carbons (Fsp3) is 0.333. The lowest BCUT2D eigenvalue weighted by Crippen LogP contribution is -2.31. The Morgan fingerprint density at radius 1 is 1.85 bits per heavy atom. The van der Waals surface area contributed by atoms with Gasteiger partial charge in [0.25, 0.3) is 5.91 Å². The third-order valence-electron chi connectivity index (χ3n) is 1.61. The third kappa shape index (κ3) is 2.09.